The zero-order valence-electron chi connectivity index (χ0n) is 11.2. The molecule has 0 spiro atoms. The molecular weight excluding hydrogens is 232 g/mol. The molecule has 0 fully saturated rings. The van der Waals surface area contributed by atoms with Crippen molar-refractivity contribution in [3.8, 4) is 0 Å². The molecule has 102 valence electrons. The number of ether oxygens (including phenoxy) is 1. The average molecular weight is 254 g/mol. The number of aromatic amines is 1. The van der Waals surface area contributed by atoms with Gasteiger partial charge in [-0.05, 0) is 12.8 Å². The minimum absolute atomic E-state index is 0.207. The molecule has 1 rings (SSSR count). The van der Waals surface area contributed by atoms with E-state index in [9.17, 15) is 4.79 Å². The molecule has 0 saturated heterocycles. The maximum absolute atomic E-state index is 11.6. The lowest BCUT2D eigenvalue weighted by molar-refractivity contribution is 0.0930. The van der Waals surface area contributed by atoms with Crippen LogP contribution in [-0.4, -0.2) is 40.8 Å². The van der Waals surface area contributed by atoms with Crippen molar-refractivity contribution >= 4 is 5.91 Å². The van der Waals surface area contributed by atoms with Crippen LogP contribution in [0.25, 0.3) is 0 Å². The molecular formula is C12H22N4O2. The molecule has 0 atom stereocenters. The number of amides is 1. The highest BCUT2D eigenvalue weighted by Gasteiger charge is 2.10. The molecule has 0 bridgehead atoms. The van der Waals surface area contributed by atoms with E-state index in [4.69, 9.17) is 4.74 Å². The summed E-state index contributed by atoms with van der Waals surface area (Å²) in [4.78, 5) is 15.7. The van der Waals surface area contributed by atoms with Crippen LogP contribution in [0.4, 0.5) is 0 Å². The number of nitrogens with zero attached hydrogens (tertiary/aromatic N) is 2. The zero-order chi connectivity index (χ0) is 13.2. The lowest BCUT2D eigenvalue weighted by atomic mass is 10.3. The number of hydrogen-bond acceptors (Lipinski definition) is 4. The normalized spacial score (nSPS) is 10.6. The van der Waals surface area contributed by atoms with Crippen molar-refractivity contribution in [3.05, 3.63) is 11.6 Å². The first-order valence-corrected chi connectivity index (χ1v) is 6.55. The summed E-state index contributed by atoms with van der Waals surface area (Å²) in [6.45, 7) is 6.14. The summed E-state index contributed by atoms with van der Waals surface area (Å²) in [5.41, 5.74) is 0. The van der Waals surface area contributed by atoms with E-state index in [0.29, 0.717) is 13.2 Å². The summed E-state index contributed by atoms with van der Waals surface area (Å²) < 4.78 is 5.39. The number of H-pyrrole nitrogens is 1. The highest BCUT2D eigenvalue weighted by Crippen LogP contribution is 1.94. The first-order chi connectivity index (χ1) is 8.77. The highest BCUT2D eigenvalue weighted by molar-refractivity contribution is 5.90. The Labute approximate surface area is 108 Å². The smallest absolute Gasteiger partial charge is 0.290 e. The lowest BCUT2D eigenvalue weighted by Crippen LogP contribution is -2.26. The lowest BCUT2D eigenvalue weighted by Gasteiger charge is -2.04. The van der Waals surface area contributed by atoms with Crippen molar-refractivity contribution in [2.45, 2.75) is 39.5 Å². The number of unbranched alkanes of at least 4 members (excludes halogenated alkanes) is 1. The fourth-order valence-corrected chi connectivity index (χ4v) is 1.36. The second-order valence-electron chi connectivity index (χ2n) is 4.03. The van der Waals surface area contributed by atoms with Crippen LogP contribution in [-0.2, 0) is 11.2 Å². The molecule has 2 N–H and O–H groups in total. The fourth-order valence-electron chi connectivity index (χ4n) is 1.36. The molecule has 6 heteroatoms. The van der Waals surface area contributed by atoms with Gasteiger partial charge in [0, 0.05) is 26.2 Å². The van der Waals surface area contributed by atoms with Crippen molar-refractivity contribution in [3.63, 3.8) is 0 Å². The van der Waals surface area contributed by atoms with Gasteiger partial charge >= 0.3 is 0 Å². The van der Waals surface area contributed by atoms with E-state index in [0.717, 1.165) is 38.1 Å². The standard InChI is InChI=1S/C12H22N4O2/c1-3-5-8-18-9-6-7-13-12(17)11-14-10(4-2)15-16-11/h3-9H2,1-2H3,(H,13,17)(H,14,15,16). The average Bonchev–Trinajstić information content (AvgIpc) is 2.86. The van der Waals surface area contributed by atoms with E-state index in [1.165, 1.54) is 0 Å². The molecule has 0 saturated carbocycles. The van der Waals surface area contributed by atoms with Crippen molar-refractivity contribution in [1.29, 1.82) is 0 Å². The van der Waals surface area contributed by atoms with Crippen LogP contribution in [0.2, 0.25) is 0 Å². The Bertz CT molecular complexity index is 352. The predicted octanol–water partition coefficient (Wildman–Crippen LogP) is 1.30. The maximum Gasteiger partial charge on any atom is 0.290 e. The van der Waals surface area contributed by atoms with Gasteiger partial charge in [0.05, 0.1) is 0 Å². The van der Waals surface area contributed by atoms with E-state index < -0.39 is 0 Å². The SMILES string of the molecule is CCCCOCCCNC(=O)c1n[nH]c(CC)n1. The molecule has 0 aliphatic rings. The maximum atomic E-state index is 11.6. The first kappa shape index (κ1) is 14.6. The van der Waals surface area contributed by atoms with E-state index in [-0.39, 0.29) is 11.7 Å². The summed E-state index contributed by atoms with van der Waals surface area (Å²) >= 11 is 0. The number of carbonyl (C=O) groups excluding carboxylic acids is 1. The van der Waals surface area contributed by atoms with Gasteiger partial charge in [-0.25, -0.2) is 4.98 Å². The molecule has 0 aromatic carbocycles. The third-order valence-corrected chi connectivity index (χ3v) is 2.46. The van der Waals surface area contributed by atoms with Gasteiger partial charge in [0.1, 0.15) is 5.82 Å². The Hall–Kier alpha value is -1.43. The monoisotopic (exact) mass is 254 g/mol. The molecule has 0 aliphatic heterocycles. The number of aryl methyl sites for hydroxylation is 1. The van der Waals surface area contributed by atoms with Crippen LogP contribution in [0.15, 0.2) is 0 Å². The van der Waals surface area contributed by atoms with Gasteiger partial charge in [-0.15, -0.1) is 5.10 Å². The summed E-state index contributed by atoms with van der Waals surface area (Å²) in [5.74, 6) is 0.696. The van der Waals surface area contributed by atoms with Crippen molar-refractivity contribution < 1.29 is 9.53 Å². The summed E-state index contributed by atoms with van der Waals surface area (Å²) in [7, 11) is 0. The van der Waals surface area contributed by atoms with Crippen molar-refractivity contribution in [2.24, 2.45) is 0 Å². The zero-order valence-corrected chi connectivity index (χ0v) is 11.2. The second-order valence-corrected chi connectivity index (χ2v) is 4.03. The van der Waals surface area contributed by atoms with E-state index in [1.54, 1.807) is 0 Å². The fraction of sp³-hybridized carbons (Fsp3) is 0.750. The molecule has 0 unspecified atom stereocenters. The number of nitrogens with one attached hydrogen (secondary N) is 2. The Morgan fingerprint density at radius 2 is 2.11 bits per heavy atom. The van der Waals surface area contributed by atoms with Crippen LogP contribution < -0.4 is 5.32 Å². The minimum atomic E-state index is -0.237. The molecule has 1 aromatic heterocycles. The molecule has 6 nitrogen and oxygen atoms in total. The molecule has 1 amide bonds. The summed E-state index contributed by atoms with van der Waals surface area (Å²) in [6, 6.07) is 0. The Morgan fingerprint density at radius 1 is 1.33 bits per heavy atom. The van der Waals surface area contributed by atoms with Gasteiger partial charge in [0.25, 0.3) is 5.91 Å². The number of rotatable bonds is 9. The molecule has 1 heterocycles. The second kappa shape index (κ2) is 8.63. The van der Waals surface area contributed by atoms with Crippen LogP contribution in [0.5, 0.6) is 0 Å². The van der Waals surface area contributed by atoms with Gasteiger partial charge in [-0.3, -0.25) is 9.89 Å². The van der Waals surface area contributed by atoms with Gasteiger partial charge in [-0.2, -0.15) is 0 Å². The van der Waals surface area contributed by atoms with Crippen LogP contribution in [0, 0.1) is 0 Å². The highest BCUT2D eigenvalue weighted by atomic mass is 16.5. The van der Waals surface area contributed by atoms with Crippen LogP contribution in [0.1, 0.15) is 49.6 Å². The first-order valence-electron chi connectivity index (χ1n) is 6.55. The van der Waals surface area contributed by atoms with Gasteiger partial charge < -0.3 is 10.1 Å². The number of carbonyl (C=O) groups is 1. The Balaban J connectivity index is 2.10. The third kappa shape index (κ3) is 5.27. The van der Waals surface area contributed by atoms with Gasteiger partial charge in [0.15, 0.2) is 0 Å². The van der Waals surface area contributed by atoms with Crippen molar-refractivity contribution in [2.75, 3.05) is 19.8 Å². The minimum Gasteiger partial charge on any atom is -0.381 e. The van der Waals surface area contributed by atoms with Crippen LogP contribution >= 0.6 is 0 Å². The Kier molecular flexibility index (Phi) is 7.01. The summed E-state index contributed by atoms with van der Waals surface area (Å²) in [5, 5.41) is 9.32. The quantitative estimate of drug-likeness (QED) is 0.651. The molecule has 0 radical (unpaired) electrons. The molecule has 0 aliphatic carbocycles. The summed E-state index contributed by atoms with van der Waals surface area (Å²) in [6.07, 6.45) is 3.77. The van der Waals surface area contributed by atoms with E-state index >= 15 is 0 Å². The van der Waals surface area contributed by atoms with Crippen molar-refractivity contribution in [1.82, 2.24) is 20.5 Å². The molecule has 1 aromatic rings. The largest absolute Gasteiger partial charge is 0.381 e. The third-order valence-electron chi connectivity index (χ3n) is 2.46. The Morgan fingerprint density at radius 3 is 2.78 bits per heavy atom. The topological polar surface area (TPSA) is 79.9 Å². The van der Waals surface area contributed by atoms with Gasteiger partial charge in [-0.1, -0.05) is 20.3 Å². The molecule has 18 heavy (non-hydrogen) atoms. The van der Waals surface area contributed by atoms with E-state index in [1.807, 2.05) is 6.92 Å². The predicted molar refractivity (Wildman–Crippen MR) is 68.4 cm³/mol. The number of hydrogen-bond donors (Lipinski definition) is 2. The van der Waals surface area contributed by atoms with Gasteiger partial charge in [0.2, 0.25) is 5.82 Å². The van der Waals surface area contributed by atoms with Crippen LogP contribution in [0.3, 0.4) is 0 Å². The number of aromatic nitrogens is 3. The van der Waals surface area contributed by atoms with E-state index in [2.05, 4.69) is 27.4 Å².